The Hall–Kier alpha value is -3.09. The SMILES string of the molecule is CCc1cc(C(F)(C(F)(F)F)C(F)(F)F)cc(C)c1NC(=O)c1ccc(C#N)c(C)c1. The fourth-order valence-electron chi connectivity index (χ4n) is 3.12. The zero-order chi connectivity index (χ0) is 23.8. The predicted molar refractivity (Wildman–Crippen MR) is 99.3 cm³/mol. The summed E-state index contributed by atoms with van der Waals surface area (Å²) < 4.78 is 93.0. The van der Waals surface area contributed by atoms with E-state index in [9.17, 15) is 35.5 Å². The van der Waals surface area contributed by atoms with E-state index in [4.69, 9.17) is 5.26 Å². The Morgan fingerprint density at radius 3 is 2.00 bits per heavy atom. The molecule has 0 bridgehead atoms. The molecule has 3 nitrogen and oxygen atoms in total. The van der Waals surface area contributed by atoms with Crippen molar-refractivity contribution < 1.29 is 35.5 Å². The first-order chi connectivity index (χ1) is 14.2. The van der Waals surface area contributed by atoms with E-state index < -0.39 is 29.5 Å². The number of aryl methyl sites for hydroxylation is 3. The molecular weight excluding hydrogens is 429 g/mol. The van der Waals surface area contributed by atoms with E-state index in [0.717, 1.165) is 0 Å². The van der Waals surface area contributed by atoms with E-state index >= 15 is 0 Å². The largest absolute Gasteiger partial charge is 0.435 e. The maximum Gasteiger partial charge on any atom is 0.435 e. The van der Waals surface area contributed by atoms with Crippen molar-refractivity contribution in [2.75, 3.05) is 5.32 Å². The van der Waals surface area contributed by atoms with Crippen molar-refractivity contribution in [2.45, 2.75) is 45.2 Å². The lowest BCUT2D eigenvalue weighted by atomic mass is 9.89. The standard InChI is InChI=1S/C21H17F7N2O/c1-4-13-9-16(19(22,20(23,24)25)21(26,27)28)8-12(3)17(13)30-18(31)14-5-6-15(10-29)11(2)7-14/h5-9H,4H2,1-3H3,(H,30,31). The summed E-state index contributed by atoms with van der Waals surface area (Å²) in [5.74, 6) is -0.684. The van der Waals surface area contributed by atoms with Crippen LogP contribution in [-0.4, -0.2) is 18.3 Å². The monoisotopic (exact) mass is 446 g/mol. The number of halogens is 7. The van der Waals surface area contributed by atoms with Crippen molar-refractivity contribution in [3.8, 4) is 6.07 Å². The van der Waals surface area contributed by atoms with Gasteiger partial charge in [0.15, 0.2) is 0 Å². The molecule has 2 aromatic carbocycles. The minimum absolute atomic E-state index is 0.00929. The molecule has 0 spiro atoms. The summed E-state index contributed by atoms with van der Waals surface area (Å²) in [6, 6.07) is 7.01. The molecule has 0 fully saturated rings. The van der Waals surface area contributed by atoms with Gasteiger partial charge in [0.25, 0.3) is 5.91 Å². The summed E-state index contributed by atoms with van der Waals surface area (Å²) >= 11 is 0. The number of rotatable bonds is 4. The number of anilines is 1. The molecular formula is C21H17F7N2O. The van der Waals surface area contributed by atoms with Crippen LogP contribution in [0.1, 0.15) is 45.1 Å². The molecule has 0 aromatic heterocycles. The van der Waals surface area contributed by atoms with Gasteiger partial charge in [0, 0.05) is 16.8 Å². The first kappa shape index (κ1) is 24.2. The molecule has 166 valence electrons. The number of carbonyl (C=O) groups is 1. The minimum Gasteiger partial charge on any atom is -0.321 e. The van der Waals surface area contributed by atoms with Crippen molar-refractivity contribution in [1.29, 1.82) is 5.26 Å². The van der Waals surface area contributed by atoms with Gasteiger partial charge in [0.2, 0.25) is 0 Å². The van der Waals surface area contributed by atoms with Gasteiger partial charge < -0.3 is 5.32 Å². The molecule has 0 saturated heterocycles. The Morgan fingerprint density at radius 1 is 0.968 bits per heavy atom. The summed E-state index contributed by atoms with van der Waals surface area (Å²) in [5.41, 5.74) is -6.44. The molecule has 1 amide bonds. The van der Waals surface area contributed by atoms with Crippen molar-refractivity contribution in [3.63, 3.8) is 0 Å². The molecule has 0 unspecified atom stereocenters. The summed E-state index contributed by atoms with van der Waals surface area (Å²) in [6.07, 6.45) is -12.5. The molecule has 1 N–H and O–H groups in total. The zero-order valence-electron chi connectivity index (χ0n) is 16.6. The van der Waals surface area contributed by atoms with Gasteiger partial charge in [-0.15, -0.1) is 0 Å². The predicted octanol–water partition coefficient (Wildman–Crippen LogP) is 6.28. The van der Waals surface area contributed by atoms with E-state index in [-0.39, 0.29) is 28.8 Å². The molecule has 0 heterocycles. The second-order valence-corrected chi connectivity index (χ2v) is 6.93. The third kappa shape index (κ3) is 4.36. The molecule has 0 aliphatic carbocycles. The summed E-state index contributed by atoms with van der Waals surface area (Å²) in [4.78, 5) is 12.6. The number of hydrogen-bond acceptors (Lipinski definition) is 2. The number of hydrogen-bond donors (Lipinski definition) is 1. The van der Waals surface area contributed by atoms with Crippen LogP contribution >= 0.6 is 0 Å². The first-order valence-electron chi connectivity index (χ1n) is 8.95. The Labute approximate surface area is 173 Å². The number of carbonyl (C=O) groups excluding carboxylic acids is 1. The smallest absolute Gasteiger partial charge is 0.321 e. The average Bonchev–Trinajstić information content (AvgIpc) is 2.66. The molecule has 0 radical (unpaired) electrons. The molecule has 0 aliphatic rings. The topological polar surface area (TPSA) is 52.9 Å². The molecule has 2 rings (SSSR count). The van der Waals surface area contributed by atoms with E-state index in [1.807, 2.05) is 6.07 Å². The van der Waals surface area contributed by atoms with Crippen LogP contribution in [0.5, 0.6) is 0 Å². The van der Waals surface area contributed by atoms with Crippen molar-refractivity contribution in [3.05, 3.63) is 63.7 Å². The van der Waals surface area contributed by atoms with E-state index in [0.29, 0.717) is 23.3 Å². The van der Waals surface area contributed by atoms with Gasteiger partial charge >= 0.3 is 18.0 Å². The Balaban J connectivity index is 2.54. The molecule has 0 aliphatic heterocycles. The summed E-state index contributed by atoms with van der Waals surface area (Å²) in [5, 5.41) is 11.4. The fraction of sp³-hybridized carbons (Fsp3) is 0.333. The van der Waals surface area contributed by atoms with E-state index in [1.54, 1.807) is 6.92 Å². The summed E-state index contributed by atoms with van der Waals surface area (Å²) in [7, 11) is 0. The third-order valence-corrected chi connectivity index (χ3v) is 4.82. The maximum atomic E-state index is 14.4. The van der Waals surface area contributed by atoms with Crippen LogP contribution in [0.3, 0.4) is 0 Å². The fourth-order valence-corrected chi connectivity index (χ4v) is 3.12. The van der Waals surface area contributed by atoms with Crippen molar-refractivity contribution in [1.82, 2.24) is 0 Å². The quantitative estimate of drug-likeness (QED) is 0.562. The third-order valence-electron chi connectivity index (χ3n) is 4.82. The summed E-state index contributed by atoms with van der Waals surface area (Å²) in [6.45, 7) is 4.22. The molecule has 31 heavy (non-hydrogen) atoms. The zero-order valence-corrected chi connectivity index (χ0v) is 16.6. The molecule has 10 heteroatoms. The highest BCUT2D eigenvalue weighted by atomic mass is 19.4. The lowest BCUT2D eigenvalue weighted by molar-refractivity contribution is -0.348. The molecule has 0 atom stereocenters. The van der Waals surface area contributed by atoms with E-state index in [1.165, 1.54) is 32.0 Å². The maximum absolute atomic E-state index is 14.4. The highest BCUT2D eigenvalue weighted by molar-refractivity contribution is 6.05. The number of nitrogens with zero attached hydrogens (tertiary/aromatic N) is 1. The lowest BCUT2D eigenvalue weighted by Crippen LogP contribution is -2.50. The number of alkyl halides is 7. The molecule has 2 aromatic rings. The highest BCUT2D eigenvalue weighted by Gasteiger charge is 2.73. The van der Waals surface area contributed by atoms with Crippen LogP contribution in [0.15, 0.2) is 30.3 Å². The Kier molecular flexibility index (Phi) is 6.40. The van der Waals surface area contributed by atoms with Crippen molar-refractivity contribution in [2.24, 2.45) is 0 Å². The van der Waals surface area contributed by atoms with E-state index in [2.05, 4.69) is 5.32 Å². The Bertz CT molecular complexity index is 1040. The van der Waals surface area contributed by atoms with Gasteiger partial charge in [-0.25, -0.2) is 4.39 Å². The second kappa shape index (κ2) is 8.21. The number of benzene rings is 2. The highest BCUT2D eigenvalue weighted by Crippen LogP contribution is 2.53. The van der Waals surface area contributed by atoms with Gasteiger partial charge in [-0.2, -0.15) is 31.6 Å². The Morgan fingerprint density at radius 2 is 1.55 bits per heavy atom. The minimum atomic E-state index is -6.23. The number of amides is 1. The van der Waals surface area contributed by atoms with Gasteiger partial charge in [0.05, 0.1) is 11.6 Å². The molecule has 0 saturated carbocycles. The van der Waals surface area contributed by atoms with Crippen LogP contribution in [0.25, 0.3) is 0 Å². The van der Waals surface area contributed by atoms with Crippen LogP contribution in [-0.2, 0) is 12.1 Å². The lowest BCUT2D eigenvalue weighted by Gasteiger charge is -2.31. The van der Waals surface area contributed by atoms with Crippen LogP contribution in [0.2, 0.25) is 0 Å². The van der Waals surface area contributed by atoms with Crippen LogP contribution < -0.4 is 5.32 Å². The van der Waals surface area contributed by atoms with Gasteiger partial charge in [-0.05, 0) is 61.2 Å². The van der Waals surface area contributed by atoms with Gasteiger partial charge in [0.1, 0.15) is 0 Å². The van der Waals surface area contributed by atoms with Crippen LogP contribution in [0.4, 0.5) is 36.4 Å². The van der Waals surface area contributed by atoms with Crippen LogP contribution in [0, 0.1) is 25.2 Å². The number of nitriles is 1. The van der Waals surface area contributed by atoms with Gasteiger partial charge in [-0.1, -0.05) is 13.0 Å². The second-order valence-electron chi connectivity index (χ2n) is 6.93. The normalized spacial score (nSPS) is 12.4. The average molecular weight is 446 g/mol. The first-order valence-corrected chi connectivity index (χ1v) is 8.95. The number of nitrogens with one attached hydrogen (secondary N) is 1. The van der Waals surface area contributed by atoms with Gasteiger partial charge in [-0.3, -0.25) is 4.79 Å². The van der Waals surface area contributed by atoms with Crippen molar-refractivity contribution >= 4 is 11.6 Å².